The van der Waals surface area contributed by atoms with Gasteiger partial charge in [0.2, 0.25) is 0 Å². The molecule has 1 aromatic carbocycles. The van der Waals surface area contributed by atoms with Crippen LogP contribution in [0.1, 0.15) is 34.8 Å². The minimum absolute atomic E-state index is 0.124. The summed E-state index contributed by atoms with van der Waals surface area (Å²) in [5.41, 5.74) is -0.942. The molecule has 0 aliphatic rings. The van der Waals surface area contributed by atoms with E-state index in [0.717, 1.165) is 12.1 Å². The Hall–Kier alpha value is -3.43. The Morgan fingerprint density at radius 2 is 1.90 bits per heavy atom. The van der Waals surface area contributed by atoms with Crippen molar-refractivity contribution in [2.24, 2.45) is 0 Å². The number of aryl methyl sites for hydroxylation is 1. The van der Waals surface area contributed by atoms with Gasteiger partial charge in [0.25, 0.3) is 11.5 Å². The summed E-state index contributed by atoms with van der Waals surface area (Å²) >= 11 is 0. The first kappa shape index (κ1) is 21.3. The lowest BCUT2D eigenvalue weighted by Crippen LogP contribution is -2.31. The van der Waals surface area contributed by atoms with Crippen LogP contribution in [-0.2, 0) is 19.1 Å². The van der Waals surface area contributed by atoms with E-state index in [4.69, 9.17) is 0 Å². The van der Waals surface area contributed by atoms with E-state index >= 15 is 0 Å². The van der Waals surface area contributed by atoms with E-state index in [1.54, 1.807) is 0 Å². The Morgan fingerprint density at radius 1 is 1.20 bits per heavy atom. The van der Waals surface area contributed by atoms with E-state index in [1.165, 1.54) is 29.0 Å². The van der Waals surface area contributed by atoms with Crippen LogP contribution < -0.4 is 16.6 Å². The van der Waals surface area contributed by atoms with Gasteiger partial charge in [-0.3, -0.25) is 19.1 Å². The molecule has 0 aliphatic heterocycles. The molecule has 2 aromatic heterocycles. The first-order valence-corrected chi connectivity index (χ1v) is 9.28. The summed E-state index contributed by atoms with van der Waals surface area (Å²) in [4.78, 5) is 42.7. The standard InChI is InChI=1S/C20H19F3N4O3/c1-2-9-27-16-15(18(29)26-19(27)30)10-13(11-25-16)17(28)24-8-7-12-3-5-14(6-4-12)20(21,22)23/h3-6,10-11H,2,7-9H2,1H3,(H,24,28)(H,26,29,30). The minimum atomic E-state index is -4.39. The summed E-state index contributed by atoms with van der Waals surface area (Å²) in [5.74, 6) is -0.482. The van der Waals surface area contributed by atoms with Crippen LogP contribution in [0.15, 0.2) is 46.1 Å². The molecule has 0 radical (unpaired) electrons. The highest BCUT2D eigenvalue weighted by Crippen LogP contribution is 2.29. The molecule has 10 heteroatoms. The van der Waals surface area contributed by atoms with E-state index < -0.39 is 28.9 Å². The molecule has 0 atom stereocenters. The molecule has 0 saturated carbocycles. The molecule has 3 rings (SSSR count). The number of aromatic nitrogens is 3. The van der Waals surface area contributed by atoms with Gasteiger partial charge in [0.15, 0.2) is 0 Å². The number of amides is 1. The van der Waals surface area contributed by atoms with Crippen LogP contribution in [0.5, 0.6) is 0 Å². The number of nitrogens with zero attached hydrogens (tertiary/aromatic N) is 2. The zero-order valence-corrected chi connectivity index (χ0v) is 16.0. The SMILES string of the molecule is CCCn1c(=O)[nH]c(=O)c2cc(C(=O)NCCc3ccc(C(F)(F)F)cc3)cnc21. The first-order chi connectivity index (χ1) is 14.2. The van der Waals surface area contributed by atoms with Gasteiger partial charge >= 0.3 is 11.9 Å². The number of pyridine rings is 1. The second kappa shape index (κ2) is 8.52. The topological polar surface area (TPSA) is 96.9 Å². The van der Waals surface area contributed by atoms with Crippen molar-refractivity contribution in [1.29, 1.82) is 0 Å². The van der Waals surface area contributed by atoms with E-state index in [1.807, 2.05) is 6.92 Å². The zero-order valence-electron chi connectivity index (χ0n) is 16.0. The number of fused-ring (bicyclic) bond motifs is 1. The number of hydrogen-bond acceptors (Lipinski definition) is 4. The molecule has 0 bridgehead atoms. The quantitative estimate of drug-likeness (QED) is 0.640. The summed E-state index contributed by atoms with van der Waals surface area (Å²) in [5, 5.41) is 2.77. The molecular weight excluding hydrogens is 401 g/mol. The van der Waals surface area contributed by atoms with Crippen LogP contribution in [0.2, 0.25) is 0 Å². The highest BCUT2D eigenvalue weighted by molar-refractivity contribution is 5.96. The normalized spacial score (nSPS) is 11.6. The Balaban J connectivity index is 1.71. The molecule has 2 heterocycles. The largest absolute Gasteiger partial charge is 0.416 e. The third-order valence-electron chi connectivity index (χ3n) is 4.52. The van der Waals surface area contributed by atoms with Crippen molar-refractivity contribution in [3.8, 4) is 0 Å². The van der Waals surface area contributed by atoms with Gasteiger partial charge in [-0.1, -0.05) is 19.1 Å². The molecular formula is C20H19F3N4O3. The lowest BCUT2D eigenvalue weighted by Gasteiger charge is -2.10. The second-order valence-electron chi connectivity index (χ2n) is 6.71. The van der Waals surface area contributed by atoms with Gasteiger partial charge in [0.05, 0.1) is 16.5 Å². The molecule has 1 amide bonds. The fourth-order valence-electron chi connectivity index (χ4n) is 3.01. The summed E-state index contributed by atoms with van der Waals surface area (Å²) in [7, 11) is 0. The molecule has 0 aliphatic carbocycles. The Morgan fingerprint density at radius 3 is 2.53 bits per heavy atom. The number of nitrogens with one attached hydrogen (secondary N) is 2. The minimum Gasteiger partial charge on any atom is -0.352 e. The van der Waals surface area contributed by atoms with Gasteiger partial charge < -0.3 is 5.32 Å². The molecule has 30 heavy (non-hydrogen) atoms. The van der Waals surface area contributed by atoms with Crippen molar-refractivity contribution >= 4 is 16.9 Å². The maximum Gasteiger partial charge on any atom is 0.416 e. The Bertz CT molecular complexity index is 1180. The van der Waals surface area contributed by atoms with Crippen LogP contribution >= 0.6 is 0 Å². The zero-order chi connectivity index (χ0) is 21.9. The maximum absolute atomic E-state index is 12.6. The fraction of sp³-hybridized carbons (Fsp3) is 0.300. The van der Waals surface area contributed by atoms with Gasteiger partial charge in [-0.15, -0.1) is 0 Å². The van der Waals surface area contributed by atoms with Gasteiger partial charge in [0.1, 0.15) is 5.65 Å². The number of benzene rings is 1. The molecule has 0 fully saturated rings. The van der Waals surface area contributed by atoms with E-state index in [0.29, 0.717) is 24.9 Å². The maximum atomic E-state index is 12.6. The molecule has 7 nitrogen and oxygen atoms in total. The predicted octanol–water partition coefficient (Wildman–Crippen LogP) is 2.49. The van der Waals surface area contributed by atoms with Crippen LogP contribution in [0.4, 0.5) is 13.2 Å². The number of halogens is 3. The smallest absolute Gasteiger partial charge is 0.352 e. The van der Waals surface area contributed by atoms with Crippen molar-refractivity contribution in [3.63, 3.8) is 0 Å². The predicted molar refractivity (Wildman–Crippen MR) is 104 cm³/mol. The van der Waals surface area contributed by atoms with E-state index in [-0.39, 0.29) is 23.1 Å². The summed E-state index contributed by atoms with van der Waals surface area (Å²) in [6.45, 7) is 2.44. The Kier molecular flexibility index (Phi) is 6.04. The number of rotatable bonds is 6. The van der Waals surface area contributed by atoms with Gasteiger partial charge in [-0.2, -0.15) is 13.2 Å². The van der Waals surface area contributed by atoms with Crippen LogP contribution in [-0.4, -0.2) is 27.0 Å². The average molecular weight is 420 g/mol. The molecule has 2 N–H and O–H groups in total. The van der Waals surface area contributed by atoms with Crippen molar-refractivity contribution in [2.45, 2.75) is 32.5 Å². The first-order valence-electron chi connectivity index (χ1n) is 9.28. The monoisotopic (exact) mass is 420 g/mol. The fourth-order valence-corrected chi connectivity index (χ4v) is 3.01. The van der Waals surface area contributed by atoms with Crippen LogP contribution in [0.3, 0.4) is 0 Å². The van der Waals surface area contributed by atoms with Crippen molar-refractivity contribution in [1.82, 2.24) is 19.9 Å². The van der Waals surface area contributed by atoms with Gasteiger partial charge in [-0.05, 0) is 36.6 Å². The number of carbonyl (C=O) groups excluding carboxylic acids is 1. The summed E-state index contributed by atoms with van der Waals surface area (Å²) < 4.78 is 39.1. The molecule has 0 unspecified atom stereocenters. The average Bonchev–Trinajstić information content (AvgIpc) is 2.70. The molecule has 3 aromatic rings. The van der Waals surface area contributed by atoms with Gasteiger partial charge in [-0.25, -0.2) is 9.78 Å². The van der Waals surface area contributed by atoms with Crippen LogP contribution in [0, 0.1) is 0 Å². The Labute approximate surface area is 168 Å². The van der Waals surface area contributed by atoms with Crippen molar-refractivity contribution in [3.05, 3.63) is 74.1 Å². The second-order valence-corrected chi connectivity index (χ2v) is 6.71. The molecule has 158 valence electrons. The molecule has 0 spiro atoms. The van der Waals surface area contributed by atoms with E-state index in [2.05, 4.69) is 15.3 Å². The highest BCUT2D eigenvalue weighted by atomic mass is 19.4. The lowest BCUT2D eigenvalue weighted by atomic mass is 10.1. The van der Waals surface area contributed by atoms with E-state index in [9.17, 15) is 27.6 Å². The van der Waals surface area contributed by atoms with Gasteiger partial charge in [0, 0.05) is 19.3 Å². The number of alkyl halides is 3. The third-order valence-corrected chi connectivity index (χ3v) is 4.52. The third kappa shape index (κ3) is 4.58. The lowest BCUT2D eigenvalue weighted by molar-refractivity contribution is -0.137. The highest BCUT2D eigenvalue weighted by Gasteiger charge is 2.29. The number of H-pyrrole nitrogens is 1. The van der Waals surface area contributed by atoms with Crippen LogP contribution in [0.25, 0.3) is 11.0 Å². The summed E-state index contributed by atoms with van der Waals surface area (Å²) in [6.07, 6.45) is -2.12. The number of hydrogen-bond donors (Lipinski definition) is 2. The van der Waals surface area contributed by atoms with Crippen molar-refractivity contribution < 1.29 is 18.0 Å². The number of carbonyl (C=O) groups is 1. The molecule has 0 saturated heterocycles. The number of aromatic amines is 1. The summed E-state index contributed by atoms with van der Waals surface area (Å²) in [6, 6.07) is 6.07. The van der Waals surface area contributed by atoms with Crippen molar-refractivity contribution in [2.75, 3.05) is 6.54 Å².